The number of hydrogen-bond donors (Lipinski definition) is 2. The van der Waals surface area contributed by atoms with Crippen LogP contribution < -0.4 is 10.6 Å². The first-order chi connectivity index (χ1) is 14.2. The van der Waals surface area contributed by atoms with E-state index in [1.807, 2.05) is 24.4 Å². The van der Waals surface area contributed by atoms with Crippen LogP contribution in [0.25, 0.3) is 0 Å². The fourth-order valence-corrected chi connectivity index (χ4v) is 3.29. The summed E-state index contributed by atoms with van der Waals surface area (Å²) in [5.74, 6) is 0.307. The monoisotopic (exact) mass is 440 g/mol. The van der Waals surface area contributed by atoms with E-state index in [-0.39, 0.29) is 18.4 Å². The number of nitrogens with zero attached hydrogens (tertiary/aromatic N) is 2. The first-order valence-corrected chi connectivity index (χ1v) is 10.5. The van der Waals surface area contributed by atoms with E-state index in [4.69, 9.17) is 0 Å². The van der Waals surface area contributed by atoms with Crippen molar-refractivity contribution >= 4 is 23.2 Å². The Morgan fingerprint density at radius 1 is 1.20 bits per heavy atom. The number of thiophene rings is 1. The van der Waals surface area contributed by atoms with Crippen molar-refractivity contribution in [3.63, 3.8) is 0 Å². The van der Waals surface area contributed by atoms with E-state index in [0.29, 0.717) is 31.0 Å². The molecule has 5 nitrogen and oxygen atoms in total. The molecule has 2 aromatic rings. The molecule has 2 N–H and O–H groups in total. The Kier molecular flexibility index (Phi) is 8.71. The van der Waals surface area contributed by atoms with Gasteiger partial charge < -0.3 is 15.5 Å². The highest BCUT2D eigenvalue weighted by molar-refractivity contribution is 7.09. The van der Waals surface area contributed by atoms with Crippen LogP contribution in [0.3, 0.4) is 0 Å². The number of halogens is 3. The summed E-state index contributed by atoms with van der Waals surface area (Å²) in [5, 5.41) is 8.34. The van der Waals surface area contributed by atoms with Crippen LogP contribution in [0.4, 0.5) is 13.2 Å². The Morgan fingerprint density at radius 2 is 1.97 bits per heavy atom. The van der Waals surface area contributed by atoms with Gasteiger partial charge in [0, 0.05) is 25.5 Å². The maximum atomic E-state index is 12.9. The highest BCUT2D eigenvalue weighted by Crippen LogP contribution is 2.31. The van der Waals surface area contributed by atoms with Crippen molar-refractivity contribution in [1.29, 1.82) is 0 Å². The summed E-state index contributed by atoms with van der Waals surface area (Å²) in [6.07, 6.45) is -3.73. The van der Waals surface area contributed by atoms with Gasteiger partial charge in [0.25, 0.3) is 0 Å². The molecule has 0 fully saturated rings. The van der Waals surface area contributed by atoms with Crippen molar-refractivity contribution in [3.8, 4) is 0 Å². The molecule has 1 unspecified atom stereocenters. The molecule has 2 rings (SSSR count). The molecule has 9 heteroatoms. The minimum Gasteiger partial charge on any atom is -0.356 e. The molecule has 30 heavy (non-hydrogen) atoms. The molecule has 0 saturated carbocycles. The number of carbonyl (C=O) groups excluding carboxylic acids is 1. The van der Waals surface area contributed by atoms with Gasteiger partial charge in [0.2, 0.25) is 5.91 Å². The Bertz CT molecular complexity index is 835. The summed E-state index contributed by atoms with van der Waals surface area (Å²) in [4.78, 5) is 18.7. The standard InChI is InChI=1S/C21H27F3N4OS/c1-15(16-6-4-7-17(12-16)21(22,23)24)9-10-25-20(27-14-19(29)28(2)3)26-13-18-8-5-11-30-18/h4-8,11-12,15H,9-10,13-14H2,1-3H3,(H2,25,26,27). The molecule has 1 aromatic carbocycles. The van der Waals surface area contributed by atoms with E-state index in [1.165, 1.54) is 17.0 Å². The van der Waals surface area contributed by atoms with Crippen molar-refractivity contribution in [2.75, 3.05) is 27.2 Å². The van der Waals surface area contributed by atoms with Crippen LogP contribution in [0, 0.1) is 0 Å². The largest absolute Gasteiger partial charge is 0.416 e. The number of carbonyl (C=O) groups is 1. The van der Waals surface area contributed by atoms with Crippen LogP contribution in [-0.4, -0.2) is 44.0 Å². The van der Waals surface area contributed by atoms with Crippen LogP contribution in [0.2, 0.25) is 0 Å². The van der Waals surface area contributed by atoms with Crippen LogP contribution in [0.1, 0.15) is 35.3 Å². The molecular weight excluding hydrogens is 413 g/mol. The minimum absolute atomic E-state index is 0.00988. The number of guanidine groups is 1. The van der Waals surface area contributed by atoms with E-state index < -0.39 is 11.7 Å². The molecule has 0 aliphatic rings. The number of aliphatic imine (C=N–C) groups is 1. The van der Waals surface area contributed by atoms with Crippen molar-refractivity contribution in [2.24, 2.45) is 4.99 Å². The molecule has 0 aliphatic heterocycles. The fourth-order valence-electron chi connectivity index (χ4n) is 2.64. The lowest BCUT2D eigenvalue weighted by Crippen LogP contribution is -2.38. The van der Waals surface area contributed by atoms with Gasteiger partial charge >= 0.3 is 6.18 Å². The highest BCUT2D eigenvalue weighted by atomic mass is 32.1. The van der Waals surface area contributed by atoms with Gasteiger partial charge in [0.1, 0.15) is 6.54 Å². The molecule has 1 aromatic heterocycles. The molecule has 0 aliphatic carbocycles. The summed E-state index contributed by atoms with van der Waals surface area (Å²) in [6.45, 7) is 2.98. The van der Waals surface area contributed by atoms with E-state index in [0.717, 1.165) is 10.9 Å². The lowest BCUT2D eigenvalue weighted by molar-refractivity contribution is -0.137. The zero-order valence-corrected chi connectivity index (χ0v) is 18.1. The molecule has 0 spiro atoms. The van der Waals surface area contributed by atoms with Crippen molar-refractivity contribution in [2.45, 2.75) is 32.0 Å². The van der Waals surface area contributed by atoms with E-state index in [1.54, 1.807) is 31.5 Å². The molecule has 1 amide bonds. The SMILES string of the molecule is CC(CCNC(=NCC(=O)N(C)C)NCc1cccs1)c1cccc(C(F)(F)F)c1. The van der Waals surface area contributed by atoms with Crippen LogP contribution in [0.15, 0.2) is 46.8 Å². The Balaban J connectivity index is 1.94. The summed E-state index contributed by atoms with van der Waals surface area (Å²) in [6, 6.07) is 9.37. The summed E-state index contributed by atoms with van der Waals surface area (Å²) in [5.41, 5.74) is 0.00122. The zero-order chi connectivity index (χ0) is 22.1. The average Bonchev–Trinajstić information content (AvgIpc) is 3.22. The Hall–Kier alpha value is -2.55. The molecule has 0 saturated heterocycles. The maximum Gasteiger partial charge on any atom is 0.416 e. The number of nitrogens with one attached hydrogen (secondary N) is 2. The summed E-state index contributed by atoms with van der Waals surface area (Å²) >= 11 is 1.61. The van der Waals surface area contributed by atoms with Crippen LogP contribution in [0.5, 0.6) is 0 Å². The second-order valence-corrected chi connectivity index (χ2v) is 8.16. The third kappa shape index (κ3) is 7.70. The van der Waals surface area contributed by atoms with Gasteiger partial charge in [-0.15, -0.1) is 11.3 Å². The number of alkyl halides is 3. The number of hydrogen-bond acceptors (Lipinski definition) is 3. The van der Waals surface area contributed by atoms with E-state index in [9.17, 15) is 18.0 Å². The second-order valence-electron chi connectivity index (χ2n) is 7.13. The van der Waals surface area contributed by atoms with Gasteiger partial charge in [-0.3, -0.25) is 4.79 Å². The first-order valence-electron chi connectivity index (χ1n) is 9.58. The van der Waals surface area contributed by atoms with Crippen molar-refractivity contribution in [3.05, 3.63) is 57.8 Å². The molecular formula is C21H27F3N4OS. The van der Waals surface area contributed by atoms with Crippen molar-refractivity contribution < 1.29 is 18.0 Å². The molecule has 164 valence electrons. The van der Waals surface area contributed by atoms with Gasteiger partial charge in [-0.25, -0.2) is 4.99 Å². The predicted molar refractivity (Wildman–Crippen MR) is 115 cm³/mol. The number of amides is 1. The van der Waals surface area contributed by atoms with Gasteiger partial charge in [-0.05, 0) is 35.4 Å². The topological polar surface area (TPSA) is 56.7 Å². The average molecular weight is 441 g/mol. The van der Waals surface area contributed by atoms with Crippen LogP contribution in [-0.2, 0) is 17.5 Å². The number of benzene rings is 1. The summed E-state index contributed by atoms with van der Waals surface area (Å²) in [7, 11) is 3.33. The van der Waals surface area contributed by atoms with Crippen molar-refractivity contribution in [1.82, 2.24) is 15.5 Å². The molecule has 0 bridgehead atoms. The van der Waals surface area contributed by atoms with E-state index in [2.05, 4.69) is 15.6 Å². The fraction of sp³-hybridized carbons (Fsp3) is 0.429. The number of likely N-dealkylation sites (N-methyl/N-ethyl adjacent to an activating group) is 1. The lowest BCUT2D eigenvalue weighted by Gasteiger charge is -2.17. The molecule has 0 radical (unpaired) electrons. The lowest BCUT2D eigenvalue weighted by atomic mass is 9.96. The minimum atomic E-state index is -4.35. The molecule has 1 heterocycles. The van der Waals surface area contributed by atoms with Gasteiger partial charge in [0.15, 0.2) is 5.96 Å². The van der Waals surface area contributed by atoms with E-state index >= 15 is 0 Å². The predicted octanol–water partition coefficient (Wildman–Crippen LogP) is 4.08. The number of rotatable bonds is 8. The van der Waals surface area contributed by atoms with Gasteiger partial charge in [-0.2, -0.15) is 13.2 Å². The third-order valence-electron chi connectivity index (χ3n) is 4.53. The second kappa shape index (κ2) is 11.0. The molecule has 1 atom stereocenters. The van der Waals surface area contributed by atoms with Gasteiger partial charge in [-0.1, -0.05) is 31.2 Å². The third-order valence-corrected chi connectivity index (χ3v) is 5.41. The first kappa shape index (κ1) is 23.7. The Labute approximate surface area is 179 Å². The normalized spacial score (nSPS) is 13.1. The zero-order valence-electron chi connectivity index (χ0n) is 17.3. The maximum absolute atomic E-state index is 12.9. The summed E-state index contributed by atoms with van der Waals surface area (Å²) < 4.78 is 38.8. The van der Waals surface area contributed by atoms with Crippen LogP contribution >= 0.6 is 11.3 Å². The quantitative estimate of drug-likeness (QED) is 0.480. The highest BCUT2D eigenvalue weighted by Gasteiger charge is 2.30. The Morgan fingerprint density at radius 3 is 2.60 bits per heavy atom. The van der Waals surface area contributed by atoms with Gasteiger partial charge in [0.05, 0.1) is 12.1 Å². The smallest absolute Gasteiger partial charge is 0.356 e.